The van der Waals surface area contributed by atoms with E-state index < -0.39 is 30.6 Å². The van der Waals surface area contributed by atoms with Crippen molar-refractivity contribution in [3.63, 3.8) is 0 Å². The number of carboxylic acids is 1. The Morgan fingerprint density at radius 1 is 1.46 bits per heavy atom. The predicted molar refractivity (Wildman–Crippen MR) is 101 cm³/mol. The van der Waals surface area contributed by atoms with Gasteiger partial charge in [-0.3, -0.25) is 4.79 Å². The quantitative estimate of drug-likeness (QED) is 0.382. The van der Waals surface area contributed by atoms with E-state index in [-0.39, 0.29) is 6.10 Å². The molecule has 1 aromatic rings. The van der Waals surface area contributed by atoms with Crippen LogP contribution in [0.4, 0.5) is 0 Å². The Kier molecular flexibility index (Phi) is 7.83. The van der Waals surface area contributed by atoms with Gasteiger partial charge in [0.2, 0.25) is 0 Å². The van der Waals surface area contributed by atoms with E-state index in [0.717, 1.165) is 23.4 Å². The minimum Gasteiger partial charge on any atom is -0.497 e. The van der Waals surface area contributed by atoms with Crippen molar-refractivity contribution in [1.29, 1.82) is 0 Å². The number of methoxy groups -OCH3 is 1. The maximum Gasteiger partial charge on any atom is 0.336 e. The molecular weight excluding hydrogens is 366 g/mol. The molecule has 0 radical (unpaired) electrons. The van der Waals surface area contributed by atoms with Crippen molar-refractivity contribution in [2.75, 3.05) is 13.7 Å². The summed E-state index contributed by atoms with van der Waals surface area (Å²) in [6.45, 7) is 7.20. The zero-order chi connectivity index (χ0) is 20.7. The number of carbonyl (C=O) groups excluding carboxylic acids is 1. The van der Waals surface area contributed by atoms with Crippen LogP contribution >= 0.6 is 0 Å². The van der Waals surface area contributed by atoms with E-state index in [4.69, 9.17) is 19.3 Å². The van der Waals surface area contributed by atoms with Crippen molar-refractivity contribution in [3.8, 4) is 11.5 Å². The normalized spacial score (nSPS) is 17.2. The molecule has 0 saturated carbocycles. The lowest BCUT2D eigenvalue weighted by atomic mass is 10.00. The number of hydrogen-bond donors (Lipinski definition) is 3. The van der Waals surface area contributed by atoms with Crippen molar-refractivity contribution in [1.82, 2.24) is 5.32 Å². The van der Waals surface area contributed by atoms with E-state index in [9.17, 15) is 14.7 Å². The van der Waals surface area contributed by atoms with Crippen LogP contribution in [-0.4, -0.2) is 54.1 Å². The van der Waals surface area contributed by atoms with Gasteiger partial charge in [0.05, 0.1) is 13.5 Å². The maximum atomic E-state index is 11.8. The third-order valence-corrected chi connectivity index (χ3v) is 4.47. The molecule has 3 atom stereocenters. The highest BCUT2D eigenvalue weighted by Gasteiger charge is 2.30. The van der Waals surface area contributed by atoms with E-state index in [1.54, 1.807) is 7.11 Å². The number of ether oxygens (including phenoxy) is 3. The van der Waals surface area contributed by atoms with Gasteiger partial charge in [-0.15, -0.1) is 0 Å². The minimum atomic E-state index is -1.71. The number of carboxylic acid groups (broad SMARTS) is 1. The number of aliphatic carboxylic acids is 1. The van der Waals surface area contributed by atoms with Crippen LogP contribution < -0.4 is 14.8 Å². The second kappa shape index (κ2) is 10.1. The number of aliphatic hydroxyl groups excluding tert-OH is 1. The van der Waals surface area contributed by atoms with Gasteiger partial charge in [-0.2, -0.15) is 0 Å². The third-order valence-electron chi connectivity index (χ3n) is 4.47. The number of benzene rings is 1. The first-order valence-electron chi connectivity index (χ1n) is 9.17. The van der Waals surface area contributed by atoms with Crippen LogP contribution in [0.1, 0.15) is 30.9 Å². The van der Waals surface area contributed by atoms with Crippen LogP contribution in [0.3, 0.4) is 0 Å². The standard InChI is InChI=1S/C20H27NO7/c1-4-13(28-20(25)17(22)10-19(23)24)7-15-8-16-12(11-21-5-2)6-14(26-3)9-18(16)27-15/h4,6,9,13,15,17,21-22H,1,5,7-8,10-11H2,2-3H3,(H,23,24)/t13?,15-,17?/m0/s1. The van der Waals surface area contributed by atoms with Crippen LogP contribution in [0.15, 0.2) is 24.8 Å². The Bertz CT molecular complexity index is 719. The Morgan fingerprint density at radius 3 is 2.82 bits per heavy atom. The molecule has 154 valence electrons. The van der Waals surface area contributed by atoms with Gasteiger partial charge in [0.15, 0.2) is 6.10 Å². The summed E-state index contributed by atoms with van der Waals surface area (Å²) >= 11 is 0. The van der Waals surface area contributed by atoms with Crippen LogP contribution in [0, 0.1) is 0 Å². The first-order valence-corrected chi connectivity index (χ1v) is 9.17. The van der Waals surface area contributed by atoms with Crippen molar-refractivity contribution in [2.45, 2.75) is 51.0 Å². The Hall–Kier alpha value is -2.58. The largest absolute Gasteiger partial charge is 0.497 e. The van der Waals surface area contributed by atoms with Crippen molar-refractivity contribution < 1.29 is 34.0 Å². The van der Waals surface area contributed by atoms with Crippen molar-refractivity contribution in [3.05, 3.63) is 35.9 Å². The van der Waals surface area contributed by atoms with Gasteiger partial charge in [0.25, 0.3) is 0 Å². The molecular formula is C20H27NO7. The Balaban J connectivity index is 2.03. The third kappa shape index (κ3) is 5.71. The van der Waals surface area contributed by atoms with E-state index >= 15 is 0 Å². The van der Waals surface area contributed by atoms with Crippen molar-refractivity contribution in [2.24, 2.45) is 0 Å². The summed E-state index contributed by atoms with van der Waals surface area (Å²) in [4.78, 5) is 22.5. The average molecular weight is 393 g/mol. The molecule has 1 aliphatic heterocycles. The van der Waals surface area contributed by atoms with Gasteiger partial charge in [-0.05, 0) is 18.2 Å². The summed E-state index contributed by atoms with van der Waals surface area (Å²) in [6.07, 6.45) is -0.937. The van der Waals surface area contributed by atoms with Crippen molar-refractivity contribution >= 4 is 11.9 Å². The number of carbonyl (C=O) groups is 2. The molecule has 0 aliphatic carbocycles. The summed E-state index contributed by atoms with van der Waals surface area (Å²) < 4.78 is 16.5. The fraction of sp³-hybridized carbons (Fsp3) is 0.500. The lowest BCUT2D eigenvalue weighted by Gasteiger charge is -2.19. The number of nitrogens with one attached hydrogen (secondary N) is 1. The summed E-state index contributed by atoms with van der Waals surface area (Å²) in [5, 5.41) is 21.5. The Labute approximate surface area is 164 Å². The van der Waals surface area contributed by atoms with Crippen LogP contribution in [0.2, 0.25) is 0 Å². The molecule has 0 fully saturated rings. The highest BCUT2D eigenvalue weighted by atomic mass is 16.6. The number of aliphatic hydroxyl groups is 1. The van der Waals surface area contributed by atoms with E-state index in [0.29, 0.717) is 25.1 Å². The minimum absolute atomic E-state index is 0.241. The highest BCUT2D eigenvalue weighted by Crippen LogP contribution is 2.37. The summed E-state index contributed by atoms with van der Waals surface area (Å²) in [5.41, 5.74) is 2.16. The molecule has 2 unspecified atom stereocenters. The lowest BCUT2D eigenvalue weighted by molar-refractivity contribution is -0.161. The zero-order valence-corrected chi connectivity index (χ0v) is 16.1. The zero-order valence-electron chi connectivity index (χ0n) is 16.1. The summed E-state index contributed by atoms with van der Waals surface area (Å²) in [5.74, 6) is -0.832. The molecule has 28 heavy (non-hydrogen) atoms. The molecule has 0 aromatic heterocycles. The topological polar surface area (TPSA) is 114 Å². The number of esters is 1. The van der Waals surface area contributed by atoms with Gasteiger partial charge in [0.1, 0.15) is 23.7 Å². The molecule has 0 spiro atoms. The highest BCUT2D eigenvalue weighted by molar-refractivity contribution is 5.80. The monoisotopic (exact) mass is 393 g/mol. The molecule has 1 aromatic carbocycles. The maximum absolute atomic E-state index is 11.8. The van der Waals surface area contributed by atoms with Gasteiger partial charge in [-0.1, -0.05) is 19.6 Å². The number of fused-ring (bicyclic) bond motifs is 1. The second-order valence-electron chi connectivity index (χ2n) is 6.55. The predicted octanol–water partition coefficient (Wildman–Crippen LogP) is 1.43. The number of rotatable bonds is 11. The first-order chi connectivity index (χ1) is 13.4. The molecule has 2 rings (SSSR count). The molecule has 3 N–H and O–H groups in total. The lowest BCUT2D eigenvalue weighted by Crippen LogP contribution is -2.31. The van der Waals surface area contributed by atoms with Crippen LogP contribution in [0.25, 0.3) is 0 Å². The average Bonchev–Trinajstić information content (AvgIpc) is 3.07. The summed E-state index contributed by atoms with van der Waals surface area (Å²) in [7, 11) is 1.60. The molecule has 0 bridgehead atoms. The van der Waals surface area contributed by atoms with Gasteiger partial charge in [-0.25, -0.2) is 4.79 Å². The molecule has 1 heterocycles. The molecule has 0 amide bonds. The van der Waals surface area contributed by atoms with Gasteiger partial charge >= 0.3 is 11.9 Å². The Morgan fingerprint density at radius 2 is 2.21 bits per heavy atom. The van der Waals surface area contributed by atoms with E-state index in [1.165, 1.54) is 6.08 Å². The number of hydrogen-bond acceptors (Lipinski definition) is 7. The molecule has 8 nitrogen and oxygen atoms in total. The fourth-order valence-corrected chi connectivity index (χ4v) is 3.06. The summed E-state index contributed by atoms with van der Waals surface area (Å²) in [6, 6.07) is 3.80. The SMILES string of the molecule is C=CC(C[C@H]1Cc2c(CNCC)cc(OC)cc2O1)OC(=O)C(O)CC(=O)O. The molecule has 0 saturated heterocycles. The molecule has 8 heteroatoms. The van der Waals surface area contributed by atoms with E-state index in [1.807, 2.05) is 19.1 Å². The fourth-order valence-electron chi connectivity index (χ4n) is 3.06. The molecule has 1 aliphatic rings. The van der Waals surface area contributed by atoms with Crippen LogP contribution in [0.5, 0.6) is 11.5 Å². The van der Waals surface area contributed by atoms with Crippen LogP contribution in [-0.2, 0) is 27.3 Å². The van der Waals surface area contributed by atoms with Gasteiger partial charge < -0.3 is 29.7 Å². The second-order valence-corrected chi connectivity index (χ2v) is 6.55. The first kappa shape index (κ1) is 21.7. The smallest absolute Gasteiger partial charge is 0.336 e. The van der Waals surface area contributed by atoms with E-state index in [2.05, 4.69) is 11.9 Å². The van der Waals surface area contributed by atoms with Gasteiger partial charge in [0, 0.05) is 31.0 Å².